The summed E-state index contributed by atoms with van der Waals surface area (Å²) >= 11 is 0. The van der Waals surface area contributed by atoms with Crippen LogP contribution < -0.4 is 10.7 Å². The van der Waals surface area contributed by atoms with Gasteiger partial charge in [-0.25, -0.2) is 9.99 Å². The van der Waals surface area contributed by atoms with Crippen LogP contribution in [-0.2, 0) is 0 Å². The first kappa shape index (κ1) is 14.2. The predicted octanol–water partition coefficient (Wildman–Crippen LogP) is 1.16. The van der Waals surface area contributed by atoms with E-state index in [0.717, 1.165) is 38.5 Å². The van der Waals surface area contributed by atoms with Gasteiger partial charge in [-0.1, -0.05) is 6.42 Å². The lowest BCUT2D eigenvalue weighted by atomic mass is 10.1. The monoisotopic (exact) mass is 279 g/mol. The maximum absolute atomic E-state index is 12.2. The van der Waals surface area contributed by atoms with E-state index in [1.54, 1.807) is 7.05 Å². The molecule has 0 bridgehead atoms. The maximum atomic E-state index is 12.2. The fraction of sp³-hybridized carbons (Fsp3) is 0.500. The SMILES string of the molecule is CNc1ncc([N+](=O)[O-])cc1C(=O)NN1CCCCC1. The Hall–Kier alpha value is -2.22. The zero-order chi connectivity index (χ0) is 14.5. The van der Waals surface area contributed by atoms with Gasteiger partial charge < -0.3 is 5.32 Å². The van der Waals surface area contributed by atoms with Crippen LogP contribution in [0.3, 0.4) is 0 Å². The van der Waals surface area contributed by atoms with Crippen molar-refractivity contribution in [2.45, 2.75) is 19.3 Å². The average Bonchev–Trinajstić information content (AvgIpc) is 2.47. The van der Waals surface area contributed by atoms with Gasteiger partial charge in [0.05, 0.1) is 10.5 Å². The van der Waals surface area contributed by atoms with Gasteiger partial charge in [-0.05, 0) is 12.8 Å². The number of hydrogen-bond acceptors (Lipinski definition) is 6. The number of piperidine rings is 1. The fourth-order valence-electron chi connectivity index (χ4n) is 2.14. The van der Waals surface area contributed by atoms with Gasteiger partial charge >= 0.3 is 0 Å². The van der Waals surface area contributed by atoms with Gasteiger partial charge in [0.2, 0.25) is 0 Å². The van der Waals surface area contributed by atoms with E-state index in [1.165, 1.54) is 6.07 Å². The summed E-state index contributed by atoms with van der Waals surface area (Å²) in [6, 6.07) is 1.23. The maximum Gasteiger partial charge on any atom is 0.288 e. The molecule has 2 rings (SSSR count). The van der Waals surface area contributed by atoms with Crippen LogP contribution in [-0.4, -0.2) is 41.0 Å². The number of hydrazine groups is 1. The average molecular weight is 279 g/mol. The lowest BCUT2D eigenvalue weighted by Crippen LogP contribution is -2.45. The third-order valence-corrected chi connectivity index (χ3v) is 3.18. The number of carbonyl (C=O) groups excluding carboxylic acids is 1. The van der Waals surface area contributed by atoms with Crippen molar-refractivity contribution in [3.05, 3.63) is 27.9 Å². The predicted molar refractivity (Wildman–Crippen MR) is 73.3 cm³/mol. The number of hydrogen-bond donors (Lipinski definition) is 2. The molecule has 0 saturated carbocycles. The molecule has 2 heterocycles. The number of rotatable bonds is 4. The van der Waals surface area contributed by atoms with Crippen molar-refractivity contribution in [3.8, 4) is 0 Å². The van der Waals surface area contributed by atoms with E-state index < -0.39 is 4.92 Å². The third-order valence-electron chi connectivity index (χ3n) is 3.18. The van der Waals surface area contributed by atoms with E-state index >= 15 is 0 Å². The summed E-state index contributed by atoms with van der Waals surface area (Å²) in [5.74, 6) is -0.0578. The number of aromatic nitrogens is 1. The van der Waals surface area contributed by atoms with Crippen LogP contribution >= 0.6 is 0 Å². The van der Waals surface area contributed by atoms with E-state index in [9.17, 15) is 14.9 Å². The van der Waals surface area contributed by atoms with Crippen LogP contribution in [0.15, 0.2) is 12.3 Å². The third kappa shape index (κ3) is 3.21. The van der Waals surface area contributed by atoms with E-state index in [-0.39, 0.29) is 17.2 Å². The Morgan fingerprint density at radius 1 is 1.40 bits per heavy atom. The number of carbonyl (C=O) groups is 1. The summed E-state index contributed by atoms with van der Waals surface area (Å²) in [6.07, 6.45) is 4.36. The standard InChI is InChI=1S/C12H17N5O3/c1-13-11-10(7-9(8-14-11)17(19)20)12(18)15-16-5-3-2-4-6-16/h7-8H,2-6H2,1H3,(H,13,14)(H,15,18). The first-order chi connectivity index (χ1) is 9.61. The molecule has 0 unspecified atom stereocenters. The van der Waals surface area contributed by atoms with Crippen molar-refractivity contribution in [1.29, 1.82) is 0 Å². The minimum atomic E-state index is -0.565. The van der Waals surface area contributed by atoms with Gasteiger partial charge in [0, 0.05) is 26.2 Å². The molecule has 0 spiro atoms. The van der Waals surface area contributed by atoms with Crippen LogP contribution in [0.2, 0.25) is 0 Å². The van der Waals surface area contributed by atoms with Crippen LogP contribution in [0.4, 0.5) is 11.5 Å². The second-order valence-corrected chi connectivity index (χ2v) is 4.59. The van der Waals surface area contributed by atoms with Crippen LogP contribution in [0.5, 0.6) is 0 Å². The first-order valence-electron chi connectivity index (χ1n) is 6.50. The number of anilines is 1. The molecular formula is C12H17N5O3. The molecule has 0 aliphatic carbocycles. The van der Waals surface area contributed by atoms with Crippen LogP contribution in [0.25, 0.3) is 0 Å². The fourth-order valence-corrected chi connectivity index (χ4v) is 2.14. The normalized spacial score (nSPS) is 15.7. The number of amides is 1. The molecule has 1 aliphatic rings. The van der Waals surface area contributed by atoms with E-state index in [0.29, 0.717) is 5.82 Å². The van der Waals surface area contributed by atoms with E-state index in [1.807, 2.05) is 5.01 Å². The van der Waals surface area contributed by atoms with Crippen molar-refractivity contribution in [1.82, 2.24) is 15.4 Å². The summed E-state index contributed by atoms with van der Waals surface area (Å²) in [5.41, 5.74) is 2.74. The first-order valence-corrected chi connectivity index (χ1v) is 6.50. The Bertz CT molecular complexity index is 514. The zero-order valence-electron chi connectivity index (χ0n) is 11.3. The van der Waals surface area contributed by atoms with Crippen molar-refractivity contribution >= 4 is 17.4 Å². The molecular weight excluding hydrogens is 262 g/mol. The van der Waals surface area contributed by atoms with Crippen molar-refractivity contribution in [3.63, 3.8) is 0 Å². The number of nitrogens with zero attached hydrogens (tertiary/aromatic N) is 3. The second kappa shape index (κ2) is 6.29. The highest BCUT2D eigenvalue weighted by Crippen LogP contribution is 2.19. The highest BCUT2D eigenvalue weighted by molar-refractivity contribution is 5.99. The van der Waals surface area contributed by atoms with E-state index in [4.69, 9.17) is 0 Å². The van der Waals surface area contributed by atoms with Crippen molar-refractivity contribution in [2.24, 2.45) is 0 Å². The van der Waals surface area contributed by atoms with Gasteiger partial charge in [-0.2, -0.15) is 0 Å². The molecule has 108 valence electrons. The summed E-state index contributed by atoms with van der Waals surface area (Å²) in [7, 11) is 1.62. The molecule has 1 aromatic heterocycles. The largest absolute Gasteiger partial charge is 0.372 e. The Morgan fingerprint density at radius 2 is 2.10 bits per heavy atom. The minimum absolute atomic E-state index is 0.173. The Kier molecular flexibility index (Phi) is 4.46. The molecule has 8 heteroatoms. The van der Waals surface area contributed by atoms with Gasteiger partial charge in [0.1, 0.15) is 12.0 Å². The summed E-state index contributed by atoms with van der Waals surface area (Å²) in [6.45, 7) is 1.59. The molecule has 1 aromatic rings. The molecule has 20 heavy (non-hydrogen) atoms. The molecule has 0 radical (unpaired) electrons. The molecule has 1 amide bonds. The Balaban J connectivity index is 2.18. The molecule has 8 nitrogen and oxygen atoms in total. The number of nitrogens with one attached hydrogen (secondary N) is 2. The van der Waals surface area contributed by atoms with E-state index in [2.05, 4.69) is 15.7 Å². The molecule has 1 aliphatic heterocycles. The number of pyridine rings is 1. The van der Waals surface area contributed by atoms with Crippen LogP contribution in [0.1, 0.15) is 29.6 Å². The number of nitro groups is 1. The smallest absolute Gasteiger partial charge is 0.288 e. The molecule has 2 N–H and O–H groups in total. The Morgan fingerprint density at radius 3 is 2.70 bits per heavy atom. The Labute approximate surface area is 116 Å². The summed E-state index contributed by atoms with van der Waals surface area (Å²) in [4.78, 5) is 26.3. The second-order valence-electron chi connectivity index (χ2n) is 4.59. The summed E-state index contributed by atoms with van der Waals surface area (Å²) in [5, 5.41) is 15.4. The highest BCUT2D eigenvalue weighted by Gasteiger charge is 2.20. The minimum Gasteiger partial charge on any atom is -0.372 e. The zero-order valence-corrected chi connectivity index (χ0v) is 11.3. The summed E-state index contributed by atoms with van der Waals surface area (Å²) < 4.78 is 0. The molecule has 1 saturated heterocycles. The van der Waals surface area contributed by atoms with Gasteiger partial charge in [-0.3, -0.25) is 20.3 Å². The van der Waals surface area contributed by atoms with Gasteiger partial charge in [0.15, 0.2) is 0 Å². The lowest BCUT2D eigenvalue weighted by Gasteiger charge is -2.26. The van der Waals surface area contributed by atoms with Crippen molar-refractivity contribution in [2.75, 3.05) is 25.5 Å². The highest BCUT2D eigenvalue weighted by atomic mass is 16.6. The molecule has 0 aromatic carbocycles. The lowest BCUT2D eigenvalue weighted by molar-refractivity contribution is -0.385. The van der Waals surface area contributed by atoms with Crippen LogP contribution in [0, 0.1) is 10.1 Å². The molecule has 1 fully saturated rings. The van der Waals surface area contributed by atoms with Gasteiger partial charge in [-0.15, -0.1) is 0 Å². The van der Waals surface area contributed by atoms with Crippen molar-refractivity contribution < 1.29 is 9.72 Å². The quantitative estimate of drug-likeness (QED) is 0.633. The molecule has 0 atom stereocenters. The van der Waals surface area contributed by atoms with Gasteiger partial charge in [0.25, 0.3) is 11.6 Å². The topological polar surface area (TPSA) is 100 Å².